The zero-order valence-corrected chi connectivity index (χ0v) is 9.95. The molecule has 0 aliphatic carbocycles. The second-order valence-corrected chi connectivity index (χ2v) is 4.75. The van der Waals surface area contributed by atoms with Crippen molar-refractivity contribution in [3.05, 3.63) is 0 Å². The van der Waals surface area contributed by atoms with Crippen molar-refractivity contribution in [2.45, 2.75) is 39.0 Å². The molecule has 1 heterocycles. The fraction of sp³-hybridized carbons (Fsp3) is 0.800. The van der Waals surface area contributed by atoms with Crippen LogP contribution in [0, 0.1) is 0 Å². The number of nitrogens with zero attached hydrogens (tertiary/aromatic N) is 1. The van der Waals surface area contributed by atoms with Gasteiger partial charge in [-0.3, -0.25) is 9.69 Å². The largest absolute Gasteiger partial charge is 0.444 e. The summed E-state index contributed by atoms with van der Waals surface area (Å²) in [4.78, 5) is 24.2. The van der Waals surface area contributed by atoms with E-state index in [1.807, 2.05) is 0 Å². The Bertz CT molecular complexity index is 286. The molecule has 2 amide bonds. The molecule has 1 fully saturated rings. The smallest absolute Gasteiger partial charge is 0.411 e. The van der Waals surface area contributed by atoms with E-state index in [1.54, 1.807) is 20.8 Å². The van der Waals surface area contributed by atoms with Crippen LogP contribution in [-0.2, 0) is 9.53 Å². The van der Waals surface area contributed by atoms with Crippen LogP contribution in [-0.4, -0.2) is 41.8 Å². The highest BCUT2D eigenvalue weighted by molar-refractivity contribution is 5.79. The van der Waals surface area contributed by atoms with E-state index in [-0.39, 0.29) is 18.6 Å². The van der Waals surface area contributed by atoms with Crippen LogP contribution in [0.2, 0.25) is 0 Å². The highest BCUT2D eigenvalue weighted by atomic mass is 16.6. The Morgan fingerprint density at radius 1 is 1.50 bits per heavy atom. The number of hydrogen-bond donors (Lipinski definition) is 2. The first-order valence-electron chi connectivity index (χ1n) is 5.32. The Morgan fingerprint density at radius 2 is 2.12 bits per heavy atom. The Balaban J connectivity index is 2.43. The number of nitrogens with two attached hydrogens (primary N) is 1. The topological polar surface area (TPSA) is 84.7 Å². The van der Waals surface area contributed by atoms with Gasteiger partial charge in [0.2, 0.25) is 5.91 Å². The lowest BCUT2D eigenvalue weighted by Gasteiger charge is -2.41. The first-order chi connectivity index (χ1) is 7.33. The normalized spacial score (nSPS) is 20.0. The summed E-state index contributed by atoms with van der Waals surface area (Å²) < 4.78 is 5.19. The summed E-state index contributed by atoms with van der Waals surface area (Å²) in [6.45, 7) is 5.94. The second kappa shape index (κ2) is 4.69. The fourth-order valence-corrected chi connectivity index (χ4v) is 1.32. The zero-order valence-electron chi connectivity index (χ0n) is 9.95. The molecule has 6 heteroatoms. The predicted molar refractivity (Wildman–Crippen MR) is 58.5 cm³/mol. The maximum atomic E-state index is 11.6. The van der Waals surface area contributed by atoms with Gasteiger partial charge in [0.05, 0.1) is 6.54 Å². The molecular weight excluding hydrogens is 210 g/mol. The molecule has 0 spiro atoms. The summed E-state index contributed by atoms with van der Waals surface area (Å²) >= 11 is 0. The number of carbonyl (C=O) groups excluding carboxylic acids is 2. The molecule has 1 saturated heterocycles. The summed E-state index contributed by atoms with van der Waals surface area (Å²) in [7, 11) is 0. The minimum absolute atomic E-state index is 0.0708. The minimum atomic E-state index is -0.519. The third kappa shape index (κ3) is 3.37. The monoisotopic (exact) mass is 229 g/mol. The van der Waals surface area contributed by atoms with Crippen LogP contribution >= 0.6 is 0 Å². The van der Waals surface area contributed by atoms with Crippen LogP contribution in [0.5, 0.6) is 0 Å². The van der Waals surface area contributed by atoms with Crippen molar-refractivity contribution < 1.29 is 14.3 Å². The van der Waals surface area contributed by atoms with Gasteiger partial charge < -0.3 is 15.8 Å². The third-order valence-electron chi connectivity index (χ3n) is 2.16. The molecule has 92 valence electrons. The Kier molecular flexibility index (Phi) is 3.74. The molecule has 1 aliphatic rings. The number of hydrogen-bond acceptors (Lipinski definition) is 4. The maximum absolute atomic E-state index is 11.6. The Labute approximate surface area is 95.1 Å². The summed E-state index contributed by atoms with van der Waals surface area (Å²) in [5, 5.41) is 2.64. The molecule has 0 radical (unpaired) electrons. The molecule has 0 bridgehead atoms. The van der Waals surface area contributed by atoms with Crippen molar-refractivity contribution in [3.8, 4) is 0 Å². The van der Waals surface area contributed by atoms with Gasteiger partial charge >= 0.3 is 6.09 Å². The minimum Gasteiger partial charge on any atom is -0.444 e. The average Bonchev–Trinajstić information content (AvgIpc) is 2.08. The van der Waals surface area contributed by atoms with Crippen LogP contribution < -0.4 is 11.1 Å². The van der Waals surface area contributed by atoms with Gasteiger partial charge in [0, 0.05) is 13.0 Å². The van der Waals surface area contributed by atoms with Crippen molar-refractivity contribution in [1.82, 2.24) is 10.2 Å². The highest BCUT2D eigenvalue weighted by Crippen LogP contribution is 2.19. The van der Waals surface area contributed by atoms with Gasteiger partial charge in [-0.25, -0.2) is 4.79 Å². The molecule has 1 rings (SSSR count). The van der Waals surface area contributed by atoms with Gasteiger partial charge in [-0.2, -0.15) is 0 Å². The van der Waals surface area contributed by atoms with E-state index in [4.69, 9.17) is 10.5 Å². The van der Waals surface area contributed by atoms with Crippen molar-refractivity contribution in [1.29, 1.82) is 0 Å². The Hall–Kier alpha value is -1.30. The quantitative estimate of drug-likeness (QED) is 0.699. The summed E-state index contributed by atoms with van der Waals surface area (Å²) in [6, 6.07) is 0. The van der Waals surface area contributed by atoms with E-state index in [1.165, 1.54) is 4.90 Å². The van der Waals surface area contributed by atoms with Crippen LogP contribution in [0.25, 0.3) is 0 Å². The van der Waals surface area contributed by atoms with Crippen molar-refractivity contribution in [2.75, 3.05) is 13.1 Å². The van der Waals surface area contributed by atoms with Gasteiger partial charge in [-0.15, -0.1) is 0 Å². The van der Waals surface area contributed by atoms with Crippen molar-refractivity contribution >= 4 is 12.0 Å². The van der Waals surface area contributed by atoms with E-state index in [0.717, 1.165) is 6.42 Å². The van der Waals surface area contributed by atoms with E-state index < -0.39 is 11.7 Å². The lowest BCUT2D eigenvalue weighted by atomic mass is 10.1. The second-order valence-electron chi connectivity index (χ2n) is 4.75. The van der Waals surface area contributed by atoms with Gasteiger partial charge in [0.25, 0.3) is 0 Å². The molecule has 1 aliphatic heterocycles. The SMILES string of the molecule is CC(C)(C)OC(=O)N1CCC1NC(=O)CN. The van der Waals surface area contributed by atoms with Gasteiger partial charge in [-0.05, 0) is 20.8 Å². The van der Waals surface area contributed by atoms with E-state index in [0.29, 0.717) is 6.54 Å². The first kappa shape index (κ1) is 12.8. The molecular formula is C10H19N3O3. The van der Waals surface area contributed by atoms with Crippen LogP contribution in [0.1, 0.15) is 27.2 Å². The van der Waals surface area contributed by atoms with Crippen LogP contribution in [0.15, 0.2) is 0 Å². The van der Waals surface area contributed by atoms with Crippen molar-refractivity contribution in [3.63, 3.8) is 0 Å². The van der Waals surface area contributed by atoms with Gasteiger partial charge in [0.15, 0.2) is 0 Å². The van der Waals surface area contributed by atoms with Gasteiger partial charge in [-0.1, -0.05) is 0 Å². The van der Waals surface area contributed by atoms with Crippen LogP contribution in [0.3, 0.4) is 0 Å². The number of amides is 2. The molecule has 0 aromatic carbocycles. The molecule has 0 aromatic heterocycles. The first-order valence-corrected chi connectivity index (χ1v) is 5.32. The summed E-state index contributed by atoms with van der Waals surface area (Å²) in [5.74, 6) is -0.266. The van der Waals surface area contributed by atoms with E-state index >= 15 is 0 Å². The average molecular weight is 229 g/mol. The van der Waals surface area contributed by atoms with E-state index in [9.17, 15) is 9.59 Å². The maximum Gasteiger partial charge on any atom is 0.411 e. The number of rotatable bonds is 2. The number of likely N-dealkylation sites (tertiary alicyclic amines) is 1. The summed E-state index contributed by atoms with van der Waals surface area (Å²) in [5.41, 5.74) is 4.66. The zero-order chi connectivity index (χ0) is 12.3. The molecule has 16 heavy (non-hydrogen) atoms. The lowest BCUT2D eigenvalue weighted by Crippen LogP contribution is -2.61. The highest BCUT2D eigenvalue weighted by Gasteiger charge is 2.35. The molecule has 1 unspecified atom stereocenters. The van der Waals surface area contributed by atoms with Gasteiger partial charge in [0.1, 0.15) is 11.8 Å². The van der Waals surface area contributed by atoms with Crippen molar-refractivity contribution in [2.24, 2.45) is 5.73 Å². The third-order valence-corrected chi connectivity index (χ3v) is 2.16. The predicted octanol–water partition coefficient (Wildman–Crippen LogP) is 0.0282. The molecule has 3 N–H and O–H groups in total. The molecule has 6 nitrogen and oxygen atoms in total. The lowest BCUT2D eigenvalue weighted by molar-refractivity contribution is -0.123. The Morgan fingerprint density at radius 3 is 2.50 bits per heavy atom. The summed E-state index contributed by atoms with van der Waals surface area (Å²) in [6.07, 6.45) is 0.0670. The standard InChI is InChI=1S/C10H19N3O3/c1-10(2,3)16-9(15)13-5-4-7(13)12-8(14)6-11/h7H,4-6,11H2,1-3H3,(H,12,14). The number of nitrogens with one attached hydrogen (secondary N) is 1. The molecule has 0 aromatic rings. The molecule has 1 atom stereocenters. The van der Waals surface area contributed by atoms with Crippen LogP contribution in [0.4, 0.5) is 4.79 Å². The number of ether oxygens (including phenoxy) is 1. The number of carbonyl (C=O) groups is 2. The van der Waals surface area contributed by atoms with E-state index in [2.05, 4.69) is 5.32 Å². The fourth-order valence-electron chi connectivity index (χ4n) is 1.32. The molecule has 0 saturated carbocycles.